The maximum atomic E-state index is 12.1. The molecule has 1 aromatic heterocycles. The van der Waals surface area contributed by atoms with Gasteiger partial charge in [-0.25, -0.2) is 13.1 Å². The van der Waals surface area contributed by atoms with Gasteiger partial charge in [-0.1, -0.05) is 6.92 Å². The molecule has 0 bridgehead atoms. The van der Waals surface area contributed by atoms with E-state index in [-0.39, 0.29) is 11.4 Å². The number of aromatic nitrogens is 2. The van der Waals surface area contributed by atoms with Crippen LogP contribution < -0.4 is 10.5 Å². The van der Waals surface area contributed by atoms with E-state index in [2.05, 4.69) is 21.8 Å². The van der Waals surface area contributed by atoms with Crippen LogP contribution in [0.2, 0.25) is 0 Å². The zero-order chi connectivity index (χ0) is 12.6. The standard InChI is InChI=1S/C10H18N4O2S/c1-6-3-8(6)5-12-17(15,16)10-7(2)13-14-9(10)4-11/h6,8,12H,3-5,11H2,1-2H3,(H,13,14). The monoisotopic (exact) mass is 258 g/mol. The molecule has 0 radical (unpaired) electrons. The maximum Gasteiger partial charge on any atom is 0.244 e. The van der Waals surface area contributed by atoms with Gasteiger partial charge in [0.05, 0.1) is 11.4 Å². The number of nitrogens with one attached hydrogen (secondary N) is 2. The van der Waals surface area contributed by atoms with Crippen molar-refractivity contribution in [2.45, 2.75) is 31.7 Å². The second kappa shape index (κ2) is 4.40. The third kappa shape index (κ3) is 2.51. The van der Waals surface area contributed by atoms with Gasteiger partial charge in [0.25, 0.3) is 0 Å². The number of nitrogens with zero attached hydrogens (tertiary/aromatic N) is 1. The van der Waals surface area contributed by atoms with Crippen LogP contribution in [0, 0.1) is 18.8 Å². The zero-order valence-corrected chi connectivity index (χ0v) is 10.8. The van der Waals surface area contributed by atoms with Gasteiger partial charge in [0.15, 0.2) is 0 Å². The largest absolute Gasteiger partial charge is 0.325 e. The first-order chi connectivity index (χ1) is 7.95. The average molecular weight is 258 g/mol. The first-order valence-corrected chi connectivity index (χ1v) is 7.17. The van der Waals surface area contributed by atoms with Gasteiger partial charge in [0.2, 0.25) is 10.0 Å². The minimum Gasteiger partial charge on any atom is -0.325 e. The van der Waals surface area contributed by atoms with Crippen LogP contribution in [0.5, 0.6) is 0 Å². The summed E-state index contributed by atoms with van der Waals surface area (Å²) in [5.74, 6) is 1.09. The van der Waals surface area contributed by atoms with Crippen LogP contribution in [-0.4, -0.2) is 25.2 Å². The summed E-state index contributed by atoms with van der Waals surface area (Å²) in [5, 5.41) is 6.55. The van der Waals surface area contributed by atoms with Gasteiger partial charge in [0.1, 0.15) is 4.90 Å². The van der Waals surface area contributed by atoms with E-state index in [9.17, 15) is 8.42 Å². The summed E-state index contributed by atoms with van der Waals surface area (Å²) in [4.78, 5) is 0.202. The highest BCUT2D eigenvalue weighted by Crippen LogP contribution is 2.37. The average Bonchev–Trinajstić information content (AvgIpc) is 2.82. The van der Waals surface area contributed by atoms with Crippen molar-refractivity contribution in [1.82, 2.24) is 14.9 Å². The summed E-state index contributed by atoms with van der Waals surface area (Å²) in [6.45, 7) is 4.41. The summed E-state index contributed by atoms with van der Waals surface area (Å²) in [5.41, 5.74) is 6.39. The molecule has 2 rings (SSSR count). The van der Waals surface area contributed by atoms with Gasteiger partial charge in [-0.05, 0) is 25.2 Å². The summed E-state index contributed by atoms with van der Waals surface area (Å²) in [6, 6.07) is 0. The molecule has 0 spiro atoms. The molecule has 1 aliphatic rings. The minimum atomic E-state index is -3.49. The molecular weight excluding hydrogens is 240 g/mol. The molecule has 0 amide bonds. The number of hydrogen-bond acceptors (Lipinski definition) is 4. The summed E-state index contributed by atoms with van der Waals surface area (Å²) in [6.07, 6.45) is 1.09. The molecule has 4 N–H and O–H groups in total. The van der Waals surface area contributed by atoms with Gasteiger partial charge in [0, 0.05) is 13.1 Å². The Labute approximate surface area is 101 Å². The Hall–Kier alpha value is -0.920. The third-order valence-corrected chi connectivity index (χ3v) is 4.86. The van der Waals surface area contributed by atoms with Crippen LogP contribution in [-0.2, 0) is 16.6 Å². The fourth-order valence-electron chi connectivity index (χ4n) is 1.94. The van der Waals surface area contributed by atoms with Crippen molar-refractivity contribution in [3.05, 3.63) is 11.4 Å². The number of hydrogen-bond donors (Lipinski definition) is 3. The van der Waals surface area contributed by atoms with Crippen LogP contribution in [0.25, 0.3) is 0 Å². The molecule has 7 heteroatoms. The zero-order valence-electron chi connectivity index (χ0n) is 10.0. The first kappa shape index (κ1) is 12.5. The van der Waals surface area contributed by atoms with E-state index in [0.29, 0.717) is 29.8 Å². The minimum absolute atomic E-state index is 0.112. The van der Waals surface area contributed by atoms with Gasteiger partial charge >= 0.3 is 0 Å². The van der Waals surface area contributed by atoms with Crippen molar-refractivity contribution < 1.29 is 8.42 Å². The molecule has 2 unspecified atom stereocenters. The van der Waals surface area contributed by atoms with Crippen molar-refractivity contribution in [2.24, 2.45) is 17.6 Å². The van der Waals surface area contributed by atoms with Crippen molar-refractivity contribution in [2.75, 3.05) is 6.54 Å². The Balaban J connectivity index is 2.15. The van der Waals surface area contributed by atoms with Crippen molar-refractivity contribution >= 4 is 10.0 Å². The van der Waals surface area contributed by atoms with E-state index in [4.69, 9.17) is 5.73 Å². The normalized spacial score (nSPS) is 23.9. The van der Waals surface area contributed by atoms with Gasteiger partial charge in [-0.2, -0.15) is 5.10 Å². The lowest BCUT2D eigenvalue weighted by molar-refractivity contribution is 0.573. The number of nitrogens with two attached hydrogens (primary N) is 1. The van der Waals surface area contributed by atoms with Crippen molar-refractivity contribution in [1.29, 1.82) is 0 Å². The van der Waals surface area contributed by atoms with E-state index in [1.807, 2.05) is 0 Å². The number of aromatic amines is 1. The molecule has 17 heavy (non-hydrogen) atoms. The first-order valence-electron chi connectivity index (χ1n) is 5.69. The van der Waals surface area contributed by atoms with E-state index in [0.717, 1.165) is 6.42 Å². The van der Waals surface area contributed by atoms with Gasteiger partial charge < -0.3 is 5.73 Å². The quantitative estimate of drug-likeness (QED) is 0.697. The van der Waals surface area contributed by atoms with Crippen LogP contribution in [0.1, 0.15) is 24.7 Å². The number of sulfonamides is 1. The summed E-state index contributed by atoms with van der Waals surface area (Å²) >= 11 is 0. The number of rotatable bonds is 5. The fourth-order valence-corrected chi connectivity index (χ4v) is 3.40. The molecule has 0 aromatic carbocycles. The lowest BCUT2D eigenvalue weighted by Gasteiger charge is -2.06. The molecule has 1 heterocycles. The molecule has 96 valence electrons. The third-order valence-electron chi connectivity index (χ3n) is 3.24. The fraction of sp³-hybridized carbons (Fsp3) is 0.700. The molecule has 1 fully saturated rings. The van der Waals surface area contributed by atoms with Gasteiger partial charge in [-0.3, -0.25) is 5.10 Å². The highest BCUT2D eigenvalue weighted by molar-refractivity contribution is 7.89. The molecule has 1 aromatic rings. The van der Waals surface area contributed by atoms with Crippen molar-refractivity contribution in [3.8, 4) is 0 Å². The van der Waals surface area contributed by atoms with Crippen LogP contribution >= 0.6 is 0 Å². The highest BCUT2D eigenvalue weighted by Gasteiger charge is 2.34. The molecular formula is C10H18N4O2S. The Kier molecular flexibility index (Phi) is 3.24. The van der Waals surface area contributed by atoms with E-state index in [1.165, 1.54) is 0 Å². The Morgan fingerprint density at radius 2 is 2.24 bits per heavy atom. The molecule has 2 atom stereocenters. The molecule has 1 aliphatic carbocycles. The molecule has 6 nitrogen and oxygen atoms in total. The van der Waals surface area contributed by atoms with E-state index < -0.39 is 10.0 Å². The Morgan fingerprint density at radius 3 is 2.76 bits per heavy atom. The maximum absolute atomic E-state index is 12.1. The molecule has 1 saturated carbocycles. The van der Waals surface area contributed by atoms with E-state index >= 15 is 0 Å². The topological polar surface area (TPSA) is 101 Å². The second-order valence-corrected chi connectivity index (χ2v) is 6.36. The number of H-pyrrole nitrogens is 1. The van der Waals surface area contributed by atoms with Crippen LogP contribution in [0.15, 0.2) is 4.90 Å². The lowest BCUT2D eigenvalue weighted by Crippen LogP contribution is -2.27. The highest BCUT2D eigenvalue weighted by atomic mass is 32.2. The molecule has 0 aliphatic heterocycles. The summed E-state index contributed by atoms with van der Waals surface area (Å²) in [7, 11) is -3.49. The Bertz CT molecular complexity index is 508. The molecule has 0 saturated heterocycles. The second-order valence-electron chi connectivity index (χ2n) is 4.65. The predicted molar refractivity (Wildman–Crippen MR) is 63.7 cm³/mol. The number of aryl methyl sites for hydroxylation is 1. The van der Waals surface area contributed by atoms with Crippen LogP contribution in [0.3, 0.4) is 0 Å². The van der Waals surface area contributed by atoms with Gasteiger partial charge in [-0.15, -0.1) is 0 Å². The SMILES string of the molecule is Cc1[nH]nc(CN)c1S(=O)(=O)NCC1CC1C. The lowest BCUT2D eigenvalue weighted by atomic mass is 10.3. The van der Waals surface area contributed by atoms with E-state index in [1.54, 1.807) is 6.92 Å². The Morgan fingerprint density at radius 1 is 1.59 bits per heavy atom. The summed E-state index contributed by atoms with van der Waals surface area (Å²) < 4.78 is 26.8. The van der Waals surface area contributed by atoms with Crippen LogP contribution in [0.4, 0.5) is 0 Å². The predicted octanol–water partition coefficient (Wildman–Crippen LogP) is 0.111. The van der Waals surface area contributed by atoms with Crippen molar-refractivity contribution in [3.63, 3.8) is 0 Å². The smallest absolute Gasteiger partial charge is 0.244 e.